The van der Waals surface area contributed by atoms with E-state index in [1.807, 2.05) is 35.0 Å². The minimum atomic E-state index is -0.182. The normalized spacial score (nSPS) is 22.4. The second-order valence-corrected chi connectivity index (χ2v) is 7.50. The maximum atomic E-state index is 12.6. The van der Waals surface area contributed by atoms with Gasteiger partial charge in [-0.1, -0.05) is 0 Å². The molecule has 2 amide bonds. The van der Waals surface area contributed by atoms with E-state index in [0.717, 1.165) is 37.4 Å². The fourth-order valence-electron chi connectivity index (χ4n) is 4.01. The van der Waals surface area contributed by atoms with Crippen LogP contribution in [0.3, 0.4) is 0 Å². The first-order valence-electron chi connectivity index (χ1n) is 9.78. The van der Waals surface area contributed by atoms with Crippen LogP contribution in [-0.2, 0) is 9.53 Å². The van der Waals surface area contributed by atoms with Crippen molar-refractivity contribution in [2.45, 2.75) is 25.4 Å². The van der Waals surface area contributed by atoms with Gasteiger partial charge in [0.1, 0.15) is 11.9 Å². The lowest BCUT2D eigenvalue weighted by molar-refractivity contribution is -0.136. The molecule has 0 N–H and O–H groups in total. The Morgan fingerprint density at radius 2 is 1.81 bits per heavy atom. The molecule has 1 aromatic rings. The summed E-state index contributed by atoms with van der Waals surface area (Å²) in [5.41, 5.74) is 1.61. The van der Waals surface area contributed by atoms with Crippen LogP contribution in [0.25, 0.3) is 0 Å². The fraction of sp³-hybridized carbons (Fsp3) is 0.600. The van der Waals surface area contributed by atoms with Gasteiger partial charge in [0.2, 0.25) is 5.91 Å². The van der Waals surface area contributed by atoms with Gasteiger partial charge in [-0.3, -0.25) is 9.59 Å². The number of benzene rings is 1. The quantitative estimate of drug-likeness (QED) is 0.801. The van der Waals surface area contributed by atoms with E-state index in [1.54, 1.807) is 0 Å². The predicted octanol–water partition coefficient (Wildman–Crippen LogP) is 1.37. The van der Waals surface area contributed by atoms with Crippen LogP contribution in [0.4, 0.5) is 5.69 Å². The van der Waals surface area contributed by atoms with Gasteiger partial charge >= 0.3 is 0 Å². The molecule has 7 nitrogen and oxygen atoms in total. The monoisotopic (exact) mass is 373 g/mol. The molecule has 0 bridgehead atoms. The van der Waals surface area contributed by atoms with E-state index in [-0.39, 0.29) is 17.9 Å². The molecule has 1 atom stereocenters. The molecule has 1 unspecified atom stereocenters. The Balaban J connectivity index is 1.43. The highest BCUT2D eigenvalue weighted by molar-refractivity contribution is 5.96. The number of rotatable bonds is 3. The number of likely N-dealkylation sites (N-methyl/N-ethyl adjacent to an activating group) is 1. The molecular weight excluding hydrogens is 346 g/mol. The fourth-order valence-corrected chi connectivity index (χ4v) is 4.01. The summed E-state index contributed by atoms with van der Waals surface area (Å²) in [6.07, 6.45) is 2.34. The van der Waals surface area contributed by atoms with E-state index in [1.165, 1.54) is 0 Å². The summed E-state index contributed by atoms with van der Waals surface area (Å²) >= 11 is 0. The molecule has 7 heteroatoms. The number of hydrogen-bond donors (Lipinski definition) is 0. The molecule has 0 aromatic heterocycles. The Labute approximate surface area is 159 Å². The third-order valence-electron chi connectivity index (χ3n) is 5.55. The number of hydrogen-bond acceptors (Lipinski definition) is 5. The average Bonchev–Trinajstić information content (AvgIpc) is 3.23. The van der Waals surface area contributed by atoms with Gasteiger partial charge in [0, 0.05) is 38.8 Å². The third kappa shape index (κ3) is 3.88. The maximum absolute atomic E-state index is 12.6. The highest BCUT2D eigenvalue weighted by atomic mass is 16.5. The summed E-state index contributed by atoms with van der Waals surface area (Å²) in [6.45, 7) is 4.83. The summed E-state index contributed by atoms with van der Waals surface area (Å²) in [4.78, 5) is 31.0. The molecule has 146 valence electrons. The zero-order valence-corrected chi connectivity index (χ0v) is 15.9. The van der Waals surface area contributed by atoms with Crippen molar-refractivity contribution in [2.75, 3.05) is 57.9 Å². The minimum Gasteiger partial charge on any atom is -0.486 e. The Morgan fingerprint density at radius 1 is 1.07 bits per heavy atom. The van der Waals surface area contributed by atoms with Crippen molar-refractivity contribution in [2.24, 2.45) is 0 Å². The molecule has 3 heterocycles. The molecule has 27 heavy (non-hydrogen) atoms. The molecule has 0 aliphatic carbocycles. The number of nitrogens with zero attached hydrogens (tertiary/aromatic N) is 3. The Kier molecular flexibility index (Phi) is 5.20. The van der Waals surface area contributed by atoms with Gasteiger partial charge in [-0.15, -0.1) is 0 Å². The van der Waals surface area contributed by atoms with Crippen molar-refractivity contribution < 1.29 is 19.1 Å². The lowest BCUT2D eigenvalue weighted by Crippen LogP contribution is -2.45. The number of anilines is 1. The van der Waals surface area contributed by atoms with Crippen LogP contribution in [0.15, 0.2) is 18.2 Å². The summed E-state index contributed by atoms with van der Waals surface area (Å²) in [6, 6.07) is 5.61. The summed E-state index contributed by atoms with van der Waals surface area (Å²) in [7, 11) is 1.98. The first kappa shape index (κ1) is 18.1. The molecule has 0 spiro atoms. The lowest BCUT2D eigenvalue weighted by atomic mass is 10.1. The lowest BCUT2D eigenvalue weighted by Gasteiger charge is -2.35. The number of amides is 2. The summed E-state index contributed by atoms with van der Waals surface area (Å²) < 4.78 is 11.4. The molecular formula is C20H27N3O4. The third-order valence-corrected chi connectivity index (χ3v) is 5.55. The van der Waals surface area contributed by atoms with E-state index < -0.39 is 0 Å². The molecule has 2 saturated heterocycles. The van der Waals surface area contributed by atoms with Gasteiger partial charge < -0.3 is 24.2 Å². The smallest absolute Gasteiger partial charge is 0.253 e. The minimum absolute atomic E-state index is 0.0910. The number of likely N-dealkylation sites (tertiary alicyclic amines) is 1. The number of carbonyl (C=O) groups excluding carboxylic acids is 2. The van der Waals surface area contributed by atoms with Crippen LogP contribution in [-0.4, -0.2) is 80.7 Å². The Bertz CT molecular complexity index is 711. The van der Waals surface area contributed by atoms with Crippen LogP contribution in [0.1, 0.15) is 29.6 Å². The van der Waals surface area contributed by atoms with E-state index in [2.05, 4.69) is 4.90 Å². The summed E-state index contributed by atoms with van der Waals surface area (Å²) in [5, 5.41) is 0. The van der Waals surface area contributed by atoms with Gasteiger partial charge in [-0.2, -0.15) is 0 Å². The van der Waals surface area contributed by atoms with Crippen LogP contribution < -0.4 is 9.64 Å². The molecule has 3 aliphatic heterocycles. The van der Waals surface area contributed by atoms with Gasteiger partial charge in [-0.05, 0) is 31.0 Å². The molecule has 4 rings (SSSR count). The molecule has 2 fully saturated rings. The number of fused-ring (bicyclic) bond motifs is 1. The topological polar surface area (TPSA) is 62.3 Å². The number of morpholine rings is 1. The molecule has 3 aliphatic rings. The van der Waals surface area contributed by atoms with Crippen LogP contribution in [0.2, 0.25) is 0 Å². The van der Waals surface area contributed by atoms with E-state index in [9.17, 15) is 9.59 Å². The molecule has 0 radical (unpaired) electrons. The van der Waals surface area contributed by atoms with Crippen molar-refractivity contribution >= 4 is 17.5 Å². The average molecular weight is 373 g/mol. The van der Waals surface area contributed by atoms with Crippen molar-refractivity contribution in [3.63, 3.8) is 0 Å². The molecule has 0 saturated carbocycles. The van der Waals surface area contributed by atoms with Crippen LogP contribution in [0, 0.1) is 0 Å². The van der Waals surface area contributed by atoms with Crippen molar-refractivity contribution in [1.29, 1.82) is 0 Å². The highest BCUT2D eigenvalue weighted by Crippen LogP contribution is 2.34. The number of carbonyl (C=O) groups is 2. The van der Waals surface area contributed by atoms with Crippen LogP contribution >= 0.6 is 0 Å². The summed E-state index contributed by atoms with van der Waals surface area (Å²) in [5.74, 6) is 0.941. The van der Waals surface area contributed by atoms with Crippen molar-refractivity contribution in [1.82, 2.24) is 9.80 Å². The first-order valence-corrected chi connectivity index (χ1v) is 9.78. The van der Waals surface area contributed by atoms with Gasteiger partial charge in [0.25, 0.3) is 5.91 Å². The SMILES string of the molecule is CN1CC(CC(=O)N2CCOCC2)Oc2ccc(C(=O)N3CCCC3)cc21. The predicted molar refractivity (Wildman–Crippen MR) is 101 cm³/mol. The van der Waals surface area contributed by atoms with Crippen LogP contribution in [0.5, 0.6) is 5.75 Å². The second kappa shape index (κ2) is 7.76. The van der Waals surface area contributed by atoms with E-state index >= 15 is 0 Å². The standard InChI is InChI=1S/C20H27N3O4/c1-21-14-16(13-19(24)22-8-10-26-11-9-22)27-18-5-4-15(12-17(18)21)20(25)23-6-2-3-7-23/h4-5,12,16H,2-3,6-11,13-14H2,1H3. The van der Waals surface area contributed by atoms with Crippen molar-refractivity contribution in [3.8, 4) is 5.75 Å². The zero-order chi connectivity index (χ0) is 18.8. The largest absolute Gasteiger partial charge is 0.486 e. The highest BCUT2D eigenvalue weighted by Gasteiger charge is 2.29. The van der Waals surface area contributed by atoms with Gasteiger partial charge in [0.15, 0.2) is 0 Å². The first-order chi connectivity index (χ1) is 13.1. The Hall–Kier alpha value is -2.28. The van der Waals surface area contributed by atoms with Gasteiger partial charge in [-0.25, -0.2) is 0 Å². The zero-order valence-electron chi connectivity index (χ0n) is 15.9. The second-order valence-electron chi connectivity index (χ2n) is 7.50. The Morgan fingerprint density at radius 3 is 2.56 bits per heavy atom. The maximum Gasteiger partial charge on any atom is 0.253 e. The van der Waals surface area contributed by atoms with E-state index in [0.29, 0.717) is 44.8 Å². The van der Waals surface area contributed by atoms with Crippen molar-refractivity contribution in [3.05, 3.63) is 23.8 Å². The molecule has 1 aromatic carbocycles. The van der Waals surface area contributed by atoms with E-state index in [4.69, 9.17) is 9.47 Å². The number of ether oxygens (including phenoxy) is 2. The van der Waals surface area contributed by atoms with Gasteiger partial charge in [0.05, 0.1) is 31.9 Å².